The van der Waals surface area contributed by atoms with Crippen LogP contribution in [0.4, 0.5) is 0 Å². The van der Waals surface area contributed by atoms with E-state index in [1.807, 2.05) is 31.2 Å². The van der Waals surface area contributed by atoms with Crippen molar-refractivity contribution in [1.82, 2.24) is 24.8 Å². The maximum absolute atomic E-state index is 13.2. The molecule has 0 bridgehead atoms. The third kappa shape index (κ3) is 4.87. The molecule has 5 rings (SSSR count). The van der Waals surface area contributed by atoms with E-state index in [1.54, 1.807) is 38.7 Å². The number of amides is 2. The summed E-state index contributed by atoms with van der Waals surface area (Å²) < 4.78 is 13.2. The van der Waals surface area contributed by atoms with Gasteiger partial charge in [-0.15, -0.1) is 5.10 Å². The number of ether oxygens (including phenoxy) is 2. The van der Waals surface area contributed by atoms with Crippen LogP contribution in [0, 0.1) is 0 Å². The zero-order valence-electron chi connectivity index (χ0n) is 19.4. The molecule has 0 aliphatic carbocycles. The van der Waals surface area contributed by atoms with Crippen molar-refractivity contribution in [2.24, 2.45) is 0 Å². The number of hydrogen-bond acceptors (Lipinski definition) is 6. The highest BCUT2D eigenvalue weighted by Gasteiger charge is 2.32. The normalized spacial score (nSPS) is 17.7. The number of nitrogens with zero attached hydrogens (tertiary/aromatic N) is 5. The summed E-state index contributed by atoms with van der Waals surface area (Å²) in [7, 11) is 0. The molecule has 0 N–H and O–H groups in total. The van der Waals surface area contributed by atoms with E-state index < -0.39 is 0 Å². The fraction of sp³-hybridized carbons (Fsp3) is 0.360. The van der Waals surface area contributed by atoms with E-state index in [2.05, 4.69) is 10.3 Å². The lowest BCUT2D eigenvalue weighted by Crippen LogP contribution is -2.50. The second kappa shape index (κ2) is 10.1. The number of rotatable bonds is 5. The van der Waals surface area contributed by atoms with Gasteiger partial charge in [-0.2, -0.15) is 0 Å². The SMILES string of the molecule is CCOc1ccc(C(=O)N2CCN(C(=O)c3nnn4c3CO[C@H](c3ccc(Cl)cc3)C4)CC2)cc1. The second-order valence-corrected chi connectivity index (χ2v) is 8.90. The van der Waals surface area contributed by atoms with Gasteiger partial charge in [-0.1, -0.05) is 28.9 Å². The number of carbonyl (C=O) groups is 2. The van der Waals surface area contributed by atoms with Crippen molar-refractivity contribution < 1.29 is 19.1 Å². The highest BCUT2D eigenvalue weighted by Crippen LogP contribution is 2.28. The third-order valence-electron chi connectivity index (χ3n) is 6.31. The topological polar surface area (TPSA) is 89.8 Å². The van der Waals surface area contributed by atoms with Crippen molar-refractivity contribution in [2.75, 3.05) is 32.8 Å². The first-order valence-electron chi connectivity index (χ1n) is 11.6. The largest absolute Gasteiger partial charge is 0.494 e. The molecule has 2 aliphatic rings. The summed E-state index contributed by atoms with van der Waals surface area (Å²) in [6.45, 7) is 4.99. The van der Waals surface area contributed by atoms with E-state index in [9.17, 15) is 9.59 Å². The van der Waals surface area contributed by atoms with Crippen LogP contribution in [0.2, 0.25) is 5.02 Å². The molecule has 182 valence electrons. The number of benzene rings is 2. The van der Waals surface area contributed by atoms with Gasteiger partial charge in [-0.25, -0.2) is 4.68 Å². The Kier molecular flexibility index (Phi) is 6.70. The molecule has 1 fully saturated rings. The van der Waals surface area contributed by atoms with Crippen LogP contribution in [0.3, 0.4) is 0 Å². The monoisotopic (exact) mass is 495 g/mol. The molecule has 0 unspecified atom stereocenters. The average molecular weight is 496 g/mol. The molecule has 0 radical (unpaired) electrons. The predicted molar refractivity (Wildman–Crippen MR) is 128 cm³/mol. The zero-order valence-corrected chi connectivity index (χ0v) is 20.1. The highest BCUT2D eigenvalue weighted by atomic mass is 35.5. The van der Waals surface area contributed by atoms with Gasteiger partial charge in [0.25, 0.3) is 11.8 Å². The van der Waals surface area contributed by atoms with Crippen molar-refractivity contribution in [3.05, 3.63) is 76.1 Å². The lowest BCUT2D eigenvalue weighted by molar-refractivity contribution is -0.00202. The molecule has 3 heterocycles. The first-order chi connectivity index (χ1) is 17.0. The smallest absolute Gasteiger partial charge is 0.276 e. The minimum Gasteiger partial charge on any atom is -0.494 e. The summed E-state index contributed by atoms with van der Waals surface area (Å²) in [5.74, 6) is 0.496. The molecule has 0 spiro atoms. The number of fused-ring (bicyclic) bond motifs is 1. The fourth-order valence-corrected chi connectivity index (χ4v) is 4.49. The quantitative estimate of drug-likeness (QED) is 0.540. The lowest BCUT2D eigenvalue weighted by Gasteiger charge is -2.34. The Balaban J connectivity index is 1.20. The van der Waals surface area contributed by atoms with Crippen LogP contribution in [0.5, 0.6) is 5.75 Å². The molecule has 1 saturated heterocycles. The van der Waals surface area contributed by atoms with E-state index in [-0.39, 0.29) is 24.5 Å². The fourth-order valence-electron chi connectivity index (χ4n) is 4.36. The number of halogens is 1. The van der Waals surface area contributed by atoms with Gasteiger partial charge in [-0.05, 0) is 48.9 Å². The van der Waals surface area contributed by atoms with Gasteiger partial charge in [0.05, 0.1) is 25.5 Å². The Hall–Kier alpha value is -3.43. The maximum Gasteiger partial charge on any atom is 0.276 e. The van der Waals surface area contributed by atoms with Crippen LogP contribution >= 0.6 is 11.6 Å². The van der Waals surface area contributed by atoms with E-state index in [4.69, 9.17) is 21.1 Å². The van der Waals surface area contributed by atoms with Crippen LogP contribution in [0.15, 0.2) is 48.5 Å². The molecular formula is C25H26ClN5O4. The average Bonchev–Trinajstić information content (AvgIpc) is 3.32. The minimum atomic E-state index is -0.187. The number of piperazine rings is 1. The molecule has 10 heteroatoms. The summed E-state index contributed by atoms with van der Waals surface area (Å²) in [6, 6.07) is 14.6. The molecule has 2 aromatic carbocycles. The molecule has 9 nitrogen and oxygen atoms in total. The summed E-state index contributed by atoms with van der Waals surface area (Å²) in [6.07, 6.45) is -0.179. The van der Waals surface area contributed by atoms with Crippen molar-refractivity contribution in [3.63, 3.8) is 0 Å². The van der Waals surface area contributed by atoms with E-state index >= 15 is 0 Å². The molecule has 35 heavy (non-hydrogen) atoms. The van der Waals surface area contributed by atoms with Crippen LogP contribution < -0.4 is 4.74 Å². The van der Waals surface area contributed by atoms with Crippen LogP contribution in [0.1, 0.15) is 45.1 Å². The lowest BCUT2D eigenvalue weighted by atomic mass is 10.1. The highest BCUT2D eigenvalue weighted by molar-refractivity contribution is 6.30. The maximum atomic E-state index is 13.2. The van der Waals surface area contributed by atoms with Gasteiger partial charge in [0.15, 0.2) is 5.69 Å². The van der Waals surface area contributed by atoms with Crippen molar-refractivity contribution in [2.45, 2.75) is 26.2 Å². The number of hydrogen-bond donors (Lipinski definition) is 0. The summed E-state index contributed by atoms with van der Waals surface area (Å²) in [5, 5.41) is 9.04. The first-order valence-corrected chi connectivity index (χ1v) is 12.0. The third-order valence-corrected chi connectivity index (χ3v) is 6.56. The van der Waals surface area contributed by atoms with Gasteiger partial charge in [0.1, 0.15) is 11.9 Å². The Morgan fingerprint density at radius 2 is 1.66 bits per heavy atom. The number of carbonyl (C=O) groups excluding carboxylic acids is 2. The standard InChI is InChI=1S/C25H26ClN5O4/c1-2-34-20-9-5-18(6-10-20)24(32)29-11-13-30(14-12-29)25(33)23-21-16-35-22(15-31(21)28-27-23)17-3-7-19(26)8-4-17/h3-10,22H,2,11-16H2,1H3/t22-/m0/s1. The first kappa shape index (κ1) is 23.3. The van der Waals surface area contributed by atoms with E-state index in [1.165, 1.54) is 0 Å². The molecule has 3 aromatic rings. The van der Waals surface area contributed by atoms with Gasteiger partial charge in [0.2, 0.25) is 0 Å². The van der Waals surface area contributed by atoms with Gasteiger partial charge in [0, 0.05) is 36.8 Å². The molecule has 1 atom stereocenters. The van der Waals surface area contributed by atoms with E-state index in [0.717, 1.165) is 11.3 Å². The Bertz CT molecular complexity index is 1200. The Morgan fingerprint density at radius 1 is 1.00 bits per heavy atom. The van der Waals surface area contributed by atoms with Gasteiger partial charge >= 0.3 is 0 Å². The Labute approximate surface area is 208 Å². The molecule has 2 amide bonds. The predicted octanol–water partition coefficient (Wildman–Crippen LogP) is 3.20. The van der Waals surface area contributed by atoms with Crippen molar-refractivity contribution in [1.29, 1.82) is 0 Å². The molecular weight excluding hydrogens is 470 g/mol. The summed E-state index contributed by atoms with van der Waals surface area (Å²) >= 11 is 5.98. The Morgan fingerprint density at radius 3 is 2.31 bits per heavy atom. The molecule has 2 aliphatic heterocycles. The summed E-state index contributed by atoms with van der Waals surface area (Å²) in [4.78, 5) is 29.5. The minimum absolute atomic E-state index is 0.0529. The van der Waals surface area contributed by atoms with Gasteiger partial charge < -0.3 is 19.3 Å². The van der Waals surface area contributed by atoms with Crippen LogP contribution in [-0.4, -0.2) is 69.4 Å². The van der Waals surface area contributed by atoms with Crippen molar-refractivity contribution >= 4 is 23.4 Å². The second-order valence-electron chi connectivity index (χ2n) is 8.46. The van der Waals surface area contributed by atoms with Gasteiger partial charge in [-0.3, -0.25) is 9.59 Å². The molecule has 1 aromatic heterocycles. The van der Waals surface area contributed by atoms with Crippen molar-refractivity contribution in [3.8, 4) is 5.75 Å². The van der Waals surface area contributed by atoms with Crippen LogP contribution in [0.25, 0.3) is 0 Å². The van der Waals surface area contributed by atoms with E-state index in [0.29, 0.717) is 61.3 Å². The van der Waals surface area contributed by atoms with Crippen LogP contribution in [-0.2, 0) is 17.9 Å². The zero-order chi connectivity index (χ0) is 24.4. The summed E-state index contributed by atoms with van der Waals surface area (Å²) in [5.41, 5.74) is 2.59. The number of aromatic nitrogens is 3. The molecule has 0 saturated carbocycles.